The average Bonchev–Trinajstić information content (AvgIpc) is 3.01. The summed E-state index contributed by atoms with van der Waals surface area (Å²) in [5, 5.41) is 11.2. The number of ketones is 1. The molecule has 7 nitrogen and oxygen atoms in total. The van der Waals surface area contributed by atoms with Crippen LogP contribution in [0.4, 0.5) is 0 Å². The van der Waals surface area contributed by atoms with Gasteiger partial charge in [0.2, 0.25) is 0 Å². The van der Waals surface area contributed by atoms with Crippen molar-refractivity contribution in [1.82, 2.24) is 14.8 Å². The lowest BCUT2D eigenvalue weighted by molar-refractivity contribution is -0.140. The molecule has 1 N–H and O–H groups in total. The topological polar surface area (TPSA) is 83.0 Å². The Morgan fingerprint density at radius 1 is 1.19 bits per heavy atom. The second-order valence-electron chi connectivity index (χ2n) is 8.76. The maximum absolute atomic E-state index is 13.0. The molecule has 0 saturated carbocycles. The highest BCUT2D eigenvalue weighted by Crippen LogP contribution is 2.39. The minimum Gasteiger partial charge on any atom is -0.507 e. The Hall–Kier alpha value is -3.19. The van der Waals surface area contributed by atoms with Gasteiger partial charge in [0.15, 0.2) is 0 Å². The van der Waals surface area contributed by atoms with Crippen LogP contribution in [-0.2, 0) is 9.59 Å². The first-order valence-corrected chi connectivity index (χ1v) is 10.8. The third-order valence-electron chi connectivity index (χ3n) is 5.37. The van der Waals surface area contributed by atoms with Crippen LogP contribution in [0.25, 0.3) is 5.76 Å². The molecule has 0 bridgehead atoms. The minimum atomic E-state index is -0.680. The molecule has 2 aromatic rings. The molecule has 170 valence electrons. The predicted octanol–water partition coefficient (Wildman–Crippen LogP) is 3.41. The van der Waals surface area contributed by atoms with Crippen molar-refractivity contribution in [2.24, 2.45) is 5.92 Å². The summed E-state index contributed by atoms with van der Waals surface area (Å²) in [7, 11) is 3.81. The van der Waals surface area contributed by atoms with Gasteiger partial charge in [-0.25, -0.2) is 0 Å². The lowest BCUT2D eigenvalue weighted by atomic mass is 9.95. The highest BCUT2D eigenvalue weighted by Gasteiger charge is 2.45. The van der Waals surface area contributed by atoms with Crippen LogP contribution in [0, 0.1) is 12.8 Å². The molecule has 1 aromatic carbocycles. The second-order valence-corrected chi connectivity index (χ2v) is 8.76. The highest BCUT2D eigenvalue weighted by atomic mass is 16.5. The zero-order chi connectivity index (χ0) is 23.4. The molecule has 32 heavy (non-hydrogen) atoms. The fraction of sp³-hybridized carbons (Fsp3) is 0.400. The number of likely N-dealkylation sites (N-methyl/N-ethyl adjacent to an activating group) is 1. The van der Waals surface area contributed by atoms with Crippen LogP contribution < -0.4 is 4.74 Å². The van der Waals surface area contributed by atoms with E-state index in [0.717, 1.165) is 16.9 Å². The van der Waals surface area contributed by atoms with E-state index in [4.69, 9.17) is 4.74 Å². The van der Waals surface area contributed by atoms with E-state index >= 15 is 0 Å². The van der Waals surface area contributed by atoms with E-state index < -0.39 is 17.7 Å². The quantitative estimate of drug-likeness (QED) is 0.387. The summed E-state index contributed by atoms with van der Waals surface area (Å²) in [4.78, 5) is 33.4. The summed E-state index contributed by atoms with van der Waals surface area (Å²) >= 11 is 0. The van der Waals surface area contributed by atoms with Gasteiger partial charge in [0.25, 0.3) is 11.7 Å². The van der Waals surface area contributed by atoms with E-state index in [1.807, 2.05) is 25.9 Å². The molecular weight excluding hydrogens is 406 g/mol. The number of Topliss-reactive ketones (excluding diaryl/α,β-unsaturated/α-hetero) is 1. The van der Waals surface area contributed by atoms with E-state index in [2.05, 4.69) is 18.8 Å². The number of benzene rings is 1. The van der Waals surface area contributed by atoms with Crippen LogP contribution in [0.1, 0.15) is 36.6 Å². The van der Waals surface area contributed by atoms with Crippen molar-refractivity contribution < 1.29 is 19.4 Å². The zero-order valence-electron chi connectivity index (χ0n) is 19.3. The number of pyridine rings is 1. The Morgan fingerprint density at radius 2 is 1.88 bits per heavy atom. The Kier molecular flexibility index (Phi) is 7.30. The smallest absolute Gasteiger partial charge is 0.295 e. The molecular formula is C25H31N3O4. The van der Waals surface area contributed by atoms with Crippen LogP contribution in [0.5, 0.6) is 5.75 Å². The monoisotopic (exact) mass is 437 g/mol. The standard InChI is InChI=1S/C25H31N3O4/c1-16(2)15-32-20-7-6-19(14-17(20)3)23(29)21-22(18-8-10-26-11-9-18)28(13-12-27(4)5)25(31)24(21)30/h6-11,14,16,22,29H,12-13,15H2,1-5H3/b23-21+. The van der Waals surface area contributed by atoms with Crippen molar-refractivity contribution in [3.8, 4) is 5.75 Å². The average molecular weight is 438 g/mol. The molecule has 1 aromatic heterocycles. The number of aliphatic hydroxyl groups is 1. The molecule has 1 amide bonds. The highest BCUT2D eigenvalue weighted by molar-refractivity contribution is 6.46. The van der Waals surface area contributed by atoms with E-state index in [1.165, 1.54) is 4.90 Å². The number of carbonyl (C=O) groups is 2. The van der Waals surface area contributed by atoms with Crippen molar-refractivity contribution in [2.45, 2.75) is 26.8 Å². The van der Waals surface area contributed by atoms with Crippen LogP contribution in [0.3, 0.4) is 0 Å². The number of aryl methyl sites for hydroxylation is 1. The van der Waals surface area contributed by atoms with Crippen LogP contribution in [0.15, 0.2) is 48.3 Å². The fourth-order valence-electron chi connectivity index (χ4n) is 3.68. The molecule has 7 heteroatoms. The summed E-state index contributed by atoms with van der Waals surface area (Å²) in [6.45, 7) is 7.58. The lowest BCUT2D eigenvalue weighted by Gasteiger charge is -2.26. The molecule has 1 aliphatic rings. The number of hydrogen-bond donors (Lipinski definition) is 1. The van der Waals surface area contributed by atoms with Gasteiger partial charge in [0, 0.05) is 31.0 Å². The van der Waals surface area contributed by atoms with Gasteiger partial charge in [0.1, 0.15) is 11.5 Å². The molecule has 1 fully saturated rings. The molecule has 0 radical (unpaired) electrons. The molecule has 1 aliphatic heterocycles. The van der Waals surface area contributed by atoms with Crippen molar-refractivity contribution in [2.75, 3.05) is 33.8 Å². The summed E-state index contributed by atoms with van der Waals surface area (Å²) in [5.41, 5.74) is 2.14. The summed E-state index contributed by atoms with van der Waals surface area (Å²) in [5.74, 6) is -0.353. The SMILES string of the molecule is Cc1cc(/C(O)=C2\C(=O)C(=O)N(CCN(C)C)C2c2ccncc2)ccc1OCC(C)C. The summed E-state index contributed by atoms with van der Waals surface area (Å²) in [6, 6.07) is 8.14. The number of amides is 1. The molecule has 1 saturated heterocycles. The molecule has 0 spiro atoms. The van der Waals surface area contributed by atoms with E-state index in [-0.39, 0.29) is 11.3 Å². The van der Waals surface area contributed by atoms with Crippen molar-refractivity contribution >= 4 is 17.4 Å². The van der Waals surface area contributed by atoms with Gasteiger partial charge >= 0.3 is 0 Å². The number of ether oxygens (including phenoxy) is 1. The largest absolute Gasteiger partial charge is 0.507 e. The van der Waals surface area contributed by atoms with Crippen LogP contribution in [-0.4, -0.2) is 65.4 Å². The van der Waals surface area contributed by atoms with Gasteiger partial charge in [-0.1, -0.05) is 13.8 Å². The third-order valence-corrected chi connectivity index (χ3v) is 5.37. The maximum Gasteiger partial charge on any atom is 0.295 e. The Balaban J connectivity index is 2.05. The molecule has 1 atom stereocenters. The van der Waals surface area contributed by atoms with Crippen LogP contribution in [0.2, 0.25) is 0 Å². The molecule has 1 unspecified atom stereocenters. The minimum absolute atomic E-state index is 0.0928. The molecule has 0 aliphatic carbocycles. The Bertz CT molecular complexity index is 1020. The fourth-order valence-corrected chi connectivity index (χ4v) is 3.68. The number of rotatable bonds is 8. The van der Waals surface area contributed by atoms with Gasteiger partial charge in [-0.15, -0.1) is 0 Å². The number of likely N-dealkylation sites (tertiary alicyclic amines) is 1. The number of carbonyl (C=O) groups excluding carboxylic acids is 2. The Morgan fingerprint density at radius 3 is 2.47 bits per heavy atom. The third kappa shape index (κ3) is 4.99. The van der Waals surface area contributed by atoms with E-state index in [9.17, 15) is 14.7 Å². The Labute approximate surface area is 189 Å². The lowest BCUT2D eigenvalue weighted by Crippen LogP contribution is -2.35. The van der Waals surface area contributed by atoms with E-state index in [0.29, 0.717) is 31.2 Å². The van der Waals surface area contributed by atoms with Crippen LogP contribution >= 0.6 is 0 Å². The molecule has 2 heterocycles. The number of hydrogen-bond acceptors (Lipinski definition) is 6. The van der Waals surface area contributed by atoms with Crippen molar-refractivity contribution in [3.05, 3.63) is 65.0 Å². The zero-order valence-corrected chi connectivity index (χ0v) is 19.3. The van der Waals surface area contributed by atoms with Gasteiger partial charge in [-0.2, -0.15) is 0 Å². The first kappa shape index (κ1) is 23.5. The molecule has 3 rings (SSSR count). The number of aromatic nitrogens is 1. The van der Waals surface area contributed by atoms with E-state index in [1.54, 1.807) is 42.7 Å². The maximum atomic E-state index is 13.0. The van der Waals surface area contributed by atoms with Gasteiger partial charge in [-0.3, -0.25) is 14.6 Å². The van der Waals surface area contributed by atoms with Crippen molar-refractivity contribution in [1.29, 1.82) is 0 Å². The van der Waals surface area contributed by atoms with Gasteiger partial charge in [-0.05, 0) is 68.4 Å². The first-order valence-electron chi connectivity index (χ1n) is 10.8. The predicted molar refractivity (Wildman–Crippen MR) is 123 cm³/mol. The van der Waals surface area contributed by atoms with Crippen molar-refractivity contribution in [3.63, 3.8) is 0 Å². The van der Waals surface area contributed by atoms with Gasteiger partial charge < -0.3 is 19.6 Å². The number of nitrogens with zero attached hydrogens (tertiary/aromatic N) is 3. The van der Waals surface area contributed by atoms with Gasteiger partial charge in [0.05, 0.1) is 18.2 Å². The summed E-state index contributed by atoms with van der Waals surface area (Å²) in [6.07, 6.45) is 3.23. The summed E-state index contributed by atoms with van der Waals surface area (Å²) < 4.78 is 5.82. The number of aliphatic hydroxyl groups excluding tert-OH is 1. The first-order chi connectivity index (χ1) is 15.2. The normalized spacial score (nSPS) is 18.1. The second kappa shape index (κ2) is 9.96.